The number of aliphatic hydroxyl groups excluding tert-OH is 1. The van der Waals surface area contributed by atoms with Crippen LogP contribution in [-0.2, 0) is 0 Å². The van der Waals surface area contributed by atoms with Crippen molar-refractivity contribution in [3.05, 3.63) is 0 Å². The topological polar surface area (TPSA) is 23.5 Å². The lowest BCUT2D eigenvalue weighted by molar-refractivity contribution is -0.0425. The molecule has 10 heavy (non-hydrogen) atoms. The molecule has 2 nitrogen and oxygen atoms in total. The first kappa shape index (κ1) is 7.88. The third kappa shape index (κ3) is 1.27. The molecule has 1 N–H and O–H groups in total. The van der Waals surface area contributed by atoms with E-state index in [0.29, 0.717) is 6.54 Å². The quantitative estimate of drug-likeness (QED) is 0.577. The molecule has 1 rings (SSSR count). The van der Waals surface area contributed by atoms with Gasteiger partial charge >= 0.3 is 0 Å². The summed E-state index contributed by atoms with van der Waals surface area (Å²) in [5, 5.41) is 8.51. The predicted octanol–water partition coefficient (Wildman–Crippen LogP) is 0.176. The van der Waals surface area contributed by atoms with Crippen molar-refractivity contribution in [2.45, 2.75) is 5.92 Å². The summed E-state index contributed by atoms with van der Waals surface area (Å²) >= 11 is 0. The van der Waals surface area contributed by atoms with Crippen LogP contribution in [0, 0.1) is 5.92 Å². The molecule has 1 atom stereocenters. The molecule has 0 amide bonds. The molecule has 1 aliphatic rings. The van der Waals surface area contributed by atoms with Crippen LogP contribution in [0.1, 0.15) is 0 Å². The van der Waals surface area contributed by atoms with Crippen molar-refractivity contribution in [2.24, 2.45) is 5.92 Å². The normalized spacial score (nSPS) is 33.0. The summed E-state index contributed by atoms with van der Waals surface area (Å²) in [6.07, 6.45) is 0. The van der Waals surface area contributed by atoms with Crippen LogP contribution in [0.25, 0.3) is 0 Å². The molecule has 0 aromatic heterocycles. The number of rotatable bonds is 1. The van der Waals surface area contributed by atoms with Gasteiger partial charge in [0.1, 0.15) is 0 Å². The van der Waals surface area contributed by atoms with Crippen molar-refractivity contribution in [3.8, 4) is 0 Å². The largest absolute Gasteiger partial charge is 0.396 e. The van der Waals surface area contributed by atoms with Gasteiger partial charge in [0.05, 0.1) is 19.1 Å². The number of halogens is 2. The second kappa shape index (κ2) is 2.43. The van der Waals surface area contributed by atoms with Gasteiger partial charge in [-0.1, -0.05) is 0 Å². The SMILES string of the molecule is CN1CC(CO)C(F)(F)C1. The molecule has 0 aromatic rings. The van der Waals surface area contributed by atoms with Gasteiger partial charge in [-0.2, -0.15) is 0 Å². The first-order chi connectivity index (χ1) is 4.56. The zero-order valence-corrected chi connectivity index (χ0v) is 5.85. The zero-order valence-electron chi connectivity index (χ0n) is 5.85. The first-order valence-electron chi connectivity index (χ1n) is 3.23. The zero-order chi connectivity index (χ0) is 7.78. The van der Waals surface area contributed by atoms with Gasteiger partial charge in [-0.3, -0.25) is 4.90 Å². The lowest BCUT2D eigenvalue weighted by Crippen LogP contribution is -2.29. The van der Waals surface area contributed by atoms with E-state index in [1.807, 2.05) is 0 Å². The molecule has 1 heterocycles. The third-order valence-electron chi connectivity index (χ3n) is 1.83. The van der Waals surface area contributed by atoms with Crippen molar-refractivity contribution in [1.82, 2.24) is 4.90 Å². The highest BCUT2D eigenvalue weighted by Gasteiger charge is 2.46. The maximum atomic E-state index is 12.7. The van der Waals surface area contributed by atoms with E-state index < -0.39 is 18.4 Å². The van der Waals surface area contributed by atoms with E-state index in [9.17, 15) is 8.78 Å². The van der Waals surface area contributed by atoms with Crippen molar-refractivity contribution in [1.29, 1.82) is 0 Å². The average Bonchev–Trinajstić information content (AvgIpc) is 2.04. The van der Waals surface area contributed by atoms with E-state index in [1.165, 1.54) is 4.90 Å². The van der Waals surface area contributed by atoms with E-state index in [-0.39, 0.29) is 6.54 Å². The molecule has 1 unspecified atom stereocenters. The van der Waals surface area contributed by atoms with Crippen molar-refractivity contribution in [3.63, 3.8) is 0 Å². The van der Waals surface area contributed by atoms with Gasteiger partial charge in [0.2, 0.25) is 0 Å². The lowest BCUT2D eigenvalue weighted by atomic mass is 10.1. The van der Waals surface area contributed by atoms with Gasteiger partial charge in [0.15, 0.2) is 0 Å². The Hall–Kier alpha value is -0.220. The van der Waals surface area contributed by atoms with Crippen molar-refractivity contribution in [2.75, 3.05) is 26.7 Å². The molecular weight excluding hydrogens is 140 g/mol. The molecule has 0 aliphatic carbocycles. The summed E-state index contributed by atoms with van der Waals surface area (Å²) in [5.74, 6) is -3.55. The molecule has 0 saturated carbocycles. The van der Waals surface area contributed by atoms with Gasteiger partial charge in [0, 0.05) is 6.54 Å². The molecule has 1 saturated heterocycles. The van der Waals surface area contributed by atoms with Crippen LogP contribution in [0.4, 0.5) is 8.78 Å². The summed E-state index contributed by atoms with van der Waals surface area (Å²) in [5.41, 5.74) is 0. The van der Waals surface area contributed by atoms with Gasteiger partial charge in [0.25, 0.3) is 5.92 Å². The Morgan fingerprint density at radius 2 is 2.30 bits per heavy atom. The van der Waals surface area contributed by atoms with Gasteiger partial charge in [-0.25, -0.2) is 8.78 Å². The summed E-state index contributed by atoms with van der Waals surface area (Å²) in [6.45, 7) is -0.348. The number of aliphatic hydroxyl groups is 1. The molecule has 0 spiro atoms. The fourth-order valence-corrected chi connectivity index (χ4v) is 1.25. The molecular formula is C6H11F2NO. The Labute approximate surface area is 58.4 Å². The fraction of sp³-hybridized carbons (Fsp3) is 1.00. The number of nitrogens with zero attached hydrogens (tertiary/aromatic N) is 1. The predicted molar refractivity (Wildman–Crippen MR) is 33.0 cm³/mol. The summed E-state index contributed by atoms with van der Waals surface area (Å²) < 4.78 is 25.3. The number of alkyl halides is 2. The smallest absolute Gasteiger partial charge is 0.266 e. The Bertz CT molecular complexity index is 129. The minimum Gasteiger partial charge on any atom is -0.396 e. The molecule has 4 heteroatoms. The fourth-order valence-electron chi connectivity index (χ4n) is 1.25. The molecule has 60 valence electrons. The number of likely N-dealkylation sites (tertiary alicyclic amines) is 1. The van der Waals surface area contributed by atoms with E-state index in [1.54, 1.807) is 7.05 Å². The molecule has 0 radical (unpaired) electrons. The highest BCUT2D eigenvalue weighted by atomic mass is 19.3. The highest BCUT2D eigenvalue weighted by Crippen LogP contribution is 2.31. The van der Waals surface area contributed by atoms with Crippen LogP contribution in [0.2, 0.25) is 0 Å². The summed E-state index contributed by atoms with van der Waals surface area (Å²) in [4.78, 5) is 1.53. The Balaban J connectivity index is 2.58. The van der Waals surface area contributed by atoms with E-state index in [4.69, 9.17) is 5.11 Å². The Morgan fingerprint density at radius 1 is 1.70 bits per heavy atom. The minimum absolute atomic E-state index is 0.224. The van der Waals surface area contributed by atoms with E-state index in [2.05, 4.69) is 0 Å². The summed E-state index contributed by atoms with van der Waals surface area (Å²) in [7, 11) is 1.63. The highest BCUT2D eigenvalue weighted by molar-refractivity contribution is 4.88. The van der Waals surface area contributed by atoms with Crippen LogP contribution >= 0.6 is 0 Å². The first-order valence-corrected chi connectivity index (χ1v) is 3.23. The van der Waals surface area contributed by atoms with Crippen LogP contribution in [-0.4, -0.2) is 42.7 Å². The maximum absolute atomic E-state index is 12.7. The number of hydrogen-bond donors (Lipinski definition) is 1. The van der Waals surface area contributed by atoms with Gasteiger partial charge in [-0.05, 0) is 7.05 Å². The second-order valence-corrected chi connectivity index (χ2v) is 2.84. The van der Waals surface area contributed by atoms with Crippen LogP contribution in [0.5, 0.6) is 0 Å². The molecule has 1 fully saturated rings. The van der Waals surface area contributed by atoms with Crippen LogP contribution in [0.3, 0.4) is 0 Å². The molecule has 1 aliphatic heterocycles. The Morgan fingerprint density at radius 3 is 2.50 bits per heavy atom. The Kier molecular flexibility index (Phi) is 1.92. The van der Waals surface area contributed by atoms with Crippen molar-refractivity contribution >= 4 is 0 Å². The summed E-state index contributed by atoms with van der Waals surface area (Å²) in [6, 6.07) is 0. The molecule has 0 bridgehead atoms. The van der Waals surface area contributed by atoms with Crippen molar-refractivity contribution < 1.29 is 13.9 Å². The third-order valence-corrected chi connectivity index (χ3v) is 1.83. The van der Waals surface area contributed by atoms with Crippen LogP contribution in [0.15, 0.2) is 0 Å². The van der Waals surface area contributed by atoms with Crippen LogP contribution < -0.4 is 0 Å². The van der Waals surface area contributed by atoms with E-state index in [0.717, 1.165) is 0 Å². The number of hydrogen-bond acceptors (Lipinski definition) is 2. The monoisotopic (exact) mass is 151 g/mol. The average molecular weight is 151 g/mol. The van der Waals surface area contributed by atoms with Gasteiger partial charge < -0.3 is 5.11 Å². The maximum Gasteiger partial charge on any atom is 0.266 e. The van der Waals surface area contributed by atoms with Gasteiger partial charge in [-0.15, -0.1) is 0 Å². The van der Waals surface area contributed by atoms with E-state index >= 15 is 0 Å². The molecule has 0 aromatic carbocycles. The second-order valence-electron chi connectivity index (χ2n) is 2.84. The standard InChI is InChI=1S/C6H11F2NO/c1-9-2-5(3-10)6(7,8)4-9/h5,10H,2-4H2,1H3. The minimum atomic E-state index is -2.69. The lowest BCUT2D eigenvalue weighted by Gasteiger charge is -2.13.